The first-order chi connectivity index (χ1) is 15.5. The lowest BCUT2D eigenvalue weighted by Crippen LogP contribution is -2.26. The van der Waals surface area contributed by atoms with Gasteiger partial charge in [-0.15, -0.1) is 0 Å². The molecule has 160 valence electrons. The van der Waals surface area contributed by atoms with Crippen LogP contribution < -0.4 is 10.6 Å². The largest absolute Gasteiger partial charge is 0.372 e. The van der Waals surface area contributed by atoms with Gasteiger partial charge in [-0.25, -0.2) is 4.39 Å². The summed E-state index contributed by atoms with van der Waals surface area (Å²) in [4.78, 5) is 24.3. The van der Waals surface area contributed by atoms with Gasteiger partial charge in [0.15, 0.2) is 5.78 Å². The Balaban J connectivity index is 1.61. The number of nitrogens with zero attached hydrogens (tertiary/aromatic N) is 1. The molecule has 1 aliphatic carbocycles. The lowest BCUT2D eigenvalue weighted by Gasteiger charge is -2.30. The molecule has 1 heterocycles. The Morgan fingerprint density at radius 2 is 1.66 bits per heavy atom. The van der Waals surface area contributed by atoms with Crippen LogP contribution in [0.4, 0.5) is 21.5 Å². The molecule has 0 spiro atoms. The van der Waals surface area contributed by atoms with Gasteiger partial charge in [-0.2, -0.15) is 0 Å². The summed E-state index contributed by atoms with van der Waals surface area (Å²) in [7, 11) is 0. The number of rotatable bonds is 3. The maximum atomic E-state index is 13.4. The third-order valence-electron chi connectivity index (χ3n) is 6.06. The van der Waals surface area contributed by atoms with Gasteiger partial charge in [0.1, 0.15) is 5.82 Å². The summed E-state index contributed by atoms with van der Waals surface area (Å²) < 4.78 is 13.4. The standard InChI is InChI=1S/C25H20FN3O3/c26-18-10-8-15(9-11-18)17-13-22-24(23(30)14-17)25(16-4-3-5-19(12-16)29(31)32)28-21-7-2-1-6-20(21)27-22/h1-12,17,25,27-28H,13-14H2/t17-,25-/m1/s1. The summed E-state index contributed by atoms with van der Waals surface area (Å²) in [5.74, 6) is -0.428. The number of nitro benzene ring substituents is 1. The molecule has 0 radical (unpaired) electrons. The number of anilines is 2. The Morgan fingerprint density at radius 1 is 0.906 bits per heavy atom. The molecule has 0 amide bonds. The number of non-ortho nitro benzene ring substituents is 1. The summed E-state index contributed by atoms with van der Waals surface area (Å²) in [5, 5.41) is 18.2. The Bertz CT molecular complexity index is 1250. The summed E-state index contributed by atoms with van der Waals surface area (Å²) in [5.41, 5.74) is 4.54. The van der Waals surface area contributed by atoms with E-state index in [2.05, 4.69) is 10.6 Å². The van der Waals surface area contributed by atoms with E-state index in [0.29, 0.717) is 17.6 Å². The van der Waals surface area contributed by atoms with Crippen LogP contribution in [0.25, 0.3) is 0 Å². The topological polar surface area (TPSA) is 84.3 Å². The number of nitro groups is 1. The maximum Gasteiger partial charge on any atom is 0.269 e. The molecule has 0 fully saturated rings. The van der Waals surface area contributed by atoms with Crippen molar-refractivity contribution in [2.24, 2.45) is 0 Å². The highest BCUT2D eigenvalue weighted by atomic mass is 19.1. The minimum Gasteiger partial charge on any atom is -0.372 e. The van der Waals surface area contributed by atoms with E-state index >= 15 is 0 Å². The van der Waals surface area contributed by atoms with Crippen molar-refractivity contribution >= 4 is 22.8 Å². The number of carbonyl (C=O) groups excluding carboxylic acids is 1. The van der Waals surface area contributed by atoms with Crippen molar-refractivity contribution in [1.82, 2.24) is 0 Å². The fraction of sp³-hybridized carbons (Fsp3) is 0.160. The summed E-state index contributed by atoms with van der Waals surface area (Å²) >= 11 is 0. The molecule has 0 aromatic heterocycles. The van der Waals surface area contributed by atoms with Crippen molar-refractivity contribution in [3.8, 4) is 0 Å². The molecule has 2 atom stereocenters. The van der Waals surface area contributed by atoms with Crippen molar-refractivity contribution in [2.45, 2.75) is 24.8 Å². The lowest BCUT2D eigenvalue weighted by atomic mass is 9.78. The molecule has 3 aromatic rings. The number of halogens is 1. The SMILES string of the molecule is O=C1C[C@H](c2ccc(F)cc2)CC2=C1[C@@H](c1cccc([N+](=O)[O-])c1)Nc1ccccc1N2. The van der Waals surface area contributed by atoms with Crippen LogP contribution in [0.1, 0.15) is 35.9 Å². The zero-order chi connectivity index (χ0) is 22.2. The Morgan fingerprint density at radius 3 is 2.41 bits per heavy atom. The molecular formula is C25H20FN3O3. The number of fused-ring (bicyclic) bond motifs is 1. The van der Waals surface area contributed by atoms with Crippen molar-refractivity contribution in [1.29, 1.82) is 0 Å². The predicted molar refractivity (Wildman–Crippen MR) is 120 cm³/mol. The van der Waals surface area contributed by atoms with E-state index in [1.54, 1.807) is 24.3 Å². The Labute approximate surface area is 183 Å². The normalized spacial score (nSPS) is 19.8. The molecule has 7 heteroatoms. The average Bonchev–Trinajstić information content (AvgIpc) is 2.96. The van der Waals surface area contributed by atoms with Crippen LogP contribution in [-0.2, 0) is 4.79 Å². The van der Waals surface area contributed by atoms with Gasteiger partial charge in [0.25, 0.3) is 5.69 Å². The number of nitrogens with one attached hydrogen (secondary N) is 2. The first-order valence-corrected chi connectivity index (χ1v) is 10.4. The van der Waals surface area contributed by atoms with Crippen LogP contribution >= 0.6 is 0 Å². The van der Waals surface area contributed by atoms with Gasteiger partial charge in [0.05, 0.1) is 22.3 Å². The molecule has 0 saturated carbocycles. The first-order valence-electron chi connectivity index (χ1n) is 10.4. The Hall–Kier alpha value is -4.00. The number of ketones is 1. The minimum absolute atomic E-state index is 0.0237. The van der Waals surface area contributed by atoms with Gasteiger partial charge in [0, 0.05) is 29.8 Å². The van der Waals surface area contributed by atoms with Gasteiger partial charge < -0.3 is 10.6 Å². The van der Waals surface area contributed by atoms with Crippen LogP contribution in [0.15, 0.2) is 84.1 Å². The zero-order valence-electron chi connectivity index (χ0n) is 17.0. The molecule has 0 bridgehead atoms. The van der Waals surface area contributed by atoms with Crippen LogP contribution in [0.2, 0.25) is 0 Å². The minimum atomic E-state index is -0.525. The first kappa shape index (κ1) is 19.9. The monoisotopic (exact) mass is 429 g/mol. The highest BCUT2D eigenvalue weighted by Gasteiger charge is 2.36. The second-order valence-corrected chi connectivity index (χ2v) is 8.07. The molecule has 3 aromatic carbocycles. The summed E-state index contributed by atoms with van der Waals surface area (Å²) in [6, 6.07) is 19.8. The second kappa shape index (κ2) is 7.92. The van der Waals surface area contributed by atoms with Crippen LogP contribution in [0.5, 0.6) is 0 Å². The van der Waals surface area contributed by atoms with Crippen molar-refractivity contribution in [3.05, 3.63) is 111 Å². The zero-order valence-corrected chi connectivity index (χ0v) is 17.0. The quantitative estimate of drug-likeness (QED) is 0.411. The van der Waals surface area contributed by atoms with E-state index in [4.69, 9.17) is 0 Å². The van der Waals surface area contributed by atoms with E-state index in [-0.39, 0.29) is 29.6 Å². The fourth-order valence-corrected chi connectivity index (χ4v) is 4.53. The smallest absolute Gasteiger partial charge is 0.269 e. The summed E-state index contributed by atoms with van der Waals surface area (Å²) in [6.07, 6.45) is 0.865. The van der Waals surface area contributed by atoms with E-state index < -0.39 is 11.0 Å². The molecule has 2 N–H and O–H groups in total. The van der Waals surface area contributed by atoms with Gasteiger partial charge in [-0.1, -0.05) is 36.4 Å². The van der Waals surface area contributed by atoms with E-state index in [1.165, 1.54) is 24.3 Å². The summed E-state index contributed by atoms with van der Waals surface area (Å²) in [6.45, 7) is 0. The maximum absolute atomic E-state index is 13.4. The van der Waals surface area contributed by atoms with Crippen LogP contribution in [0.3, 0.4) is 0 Å². The molecule has 0 saturated heterocycles. The number of Topliss-reactive ketones (excluding diaryl/α,β-unsaturated/α-hetero) is 1. The van der Waals surface area contributed by atoms with Crippen LogP contribution in [-0.4, -0.2) is 10.7 Å². The number of para-hydroxylation sites is 2. The highest BCUT2D eigenvalue weighted by Crippen LogP contribution is 2.44. The molecular weight excluding hydrogens is 409 g/mol. The van der Waals surface area contributed by atoms with Crippen molar-refractivity contribution in [3.63, 3.8) is 0 Å². The van der Waals surface area contributed by atoms with E-state index in [1.807, 2.05) is 24.3 Å². The Kier molecular flexibility index (Phi) is 4.93. The second-order valence-electron chi connectivity index (χ2n) is 8.07. The van der Waals surface area contributed by atoms with Crippen molar-refractivity contribution in [2.75, 3.05) is 10.6 Å². The number of hydrogen-bond acceptors (Lipinski definition) is 5. The predicted octanol–water partition coefficient (Wildman–Crippen LogP) is 5.71. The number of carbonyl (C=O) groups is 1. The van der Waals surface area contributed by atoms with Gasteiger partial charge in [0.2, 0.25) is 0 Å². The molecule has 32 heavy (non-hydrogen) atoms. The van der Waals surface area contributed by atoms with Crippen LogP contribution in [0, 0.1) is 15.9 Å². The number of allylic oxidation sites excluding steroid dienone is 1. The van der Waals surface area contributed by atoms with E-state index in [9.17, 15) is 19.3 Å². The van der Waals surface area contributed by atoms with E-state index in [0.717, 1.165) is 22.6 Å². The molecule has 5 rings (SSSR count). The highest BCUT2D eigenvalue weighted by molar-refractivity contribution is 6.01. The lowest BCUT2D eigenvalue weighted by molar-refractivity contribution is -0.384. The van der Waals surface area contributed by atoms with Gasteiger partial charge in [-0.3, -0.25) is 14.9 Å². The number of benzene rings is 3. The van der Waals surface area contributed by atoms with Gasteiger partial charge >= 0.3 is 0 Å². The fourth-order valence-electron chi connectivity index (χ4n) is 4.53. The van der Waals surface area contributed by atoms with Gasteiger partial charge in [-0.05, 0) is 47.7 Å². The molecule has 2 aliphatic rings. The third kappa shape index (κ3) is 3.62. The average molecular weight is 429 g/mol. The van der Waals surface area contributed by atoms with Crippen molar-refractivity contribution < 1.29 is 14.1 Å². The third-order valence-corrected chi connectivity index (χ3v) is 6.06. The number of hydrogen-bond donors (Lipinski definition) is 2. The molecule has 1 aliphatic heterocycles. The molecule has 0 unspecified atom stereocenters. The molecule has 6 nitrogen and oxygen atoms in total.